The molecule has 4 aromatic carbocycles. The molecule has 0 fully saturated rings. The Hall–Kier alpha value is -7.83. The quantitative estimate of drug-likeness (QED) is 0.0788. The van der Waals surface area contributed by atoms with Crippen LogP contribution in [0.1, 0.15) is 63.9 Å². The van der Waals surface area contributed by atoms with E-state index in [-0.39, 0.29) is 46.5 Å². The van der Waals surface area contributed by atoms with Crippen molar-refractivity contribution in [2.24, 2.45) is 0 Å². The predicted octanol–water partition coefficient (Wildman–Crippen LogP) is 1.67. The minimum atomic E-state index is -1.72. The number of carbonyl (C=O) groups excluding carboxylic acids is 7. The molecule has 0 saturated heterocycles. The fourth-order valence-electron chi connectivity index (χ4n) is 7.10. The Morgan fingerprint density at radius 1 is 0.734 bits per heavy atom. The molecule has 1 aliphatic rings. The summed E-state index contributed by atoms with van der Waals surface area (Å²) in [7, 11) is 0. The third-order valence-electron chi connectivity index (χ3n) is 10.6. The number of para-hydroxylation sites is 2. The minimum absolute atomic E-state index is 0.0211. The number of amides is 6. The zero-order chi connectivity index (χ0) is 46.2. The zero-order valence-electron chi connectivity index (χ0n) is 34.9. The molecule has 5 atom stereocenters. The molecule has 6 rings (SSSR count). The monoisotopic (exact) mass is 873 g/mol. The van der Waals surface area contributed by atoms with E-state index in [4.69, 9.17) is 0 Å². The van der Waals surface area contributed by atoms with Crippen LogP contribution in [0.3, 0.4) is 0 Å². The average Bonchev–Trinajstić information content (AvgIpc) is 3.61. The third-order valence-corrected chi connectivity index (χ3v) is 10.6. The highest BCUT2D eigenvalue weighted by Gasteiger charge is 2.33. The molecule has 0 bridgehead atoms. The second-order valence-electron chi connectivity index (χ2n) is 15.2. The van der Waals surface area contributed by atoms with Crippen molar-refractivity contribution in [2.75, 3.05) is 11.9 Å². The first-order valence-corrected chi connectivity index (χ1v) is 20.2. The van der Waals surface area contributed by atoms with E-state index in [1.165, 1.54) is 63.2 Å². The summed E-state index contributed by atoms with van der Waals surface area (Å²) in [6.45, 7) is 2.88. The van der Waals surface area contributed by atoms with Gasteiger partial charge in [-0.15, -0.1) is 0 Å². The van der Waals surface area contributed by atoms with Gasteiger partial charge in [0, 0.05) is 40.6 Å². The Kier molecular flexibility index (Phi) is 14.2. The van der Waals surface area contributed by atoms with Crippen molar-refractivity contribution in [2.45, 2.75) is 63.9 Å². The number of benzene rings is 4. The molecule has 2 heterocycles. The number of aromatic nitrogens is 1. The summed E-state index contributed by atoms with van der Waals surface area (Å²) >= 11 is 0. The Balaban J connectivity index is 1.46. The number of aromatic amines is 1. The smallest absolute Gasteiger partial charge is 0.272 e. The summed E-state index contributed by atoms with van der Waals surface area (Å²) < 4.78 is 0. The lowest BCUT2D eigenvalue weighted by molar-refractivity contribution is -0.134. The van der Waals surface area contributed by atoms with Crippen molar-refractivity contribution in [3.63, 3.8) is 0 Å². The molecular weight excluding hydrogens is 827 g/mol. The van der Waals surface area contributed by atoms with Gasteiger partial charge in [-0.3, -0.25) is 33.6 Å². The first kappa shape index (κ1) is 45.7. The number of aliphatic hydroxyl groups is 2. The first-order chi connectivity index (χ1) is 30.6. The number of fused-ring (bicyclic) bond motifs is 2. The summed E-state index contributed by atoms with van der Waals surface area (Å²) in [5.41, 5.74) is 0.919. The molecule has 6 amide bonds. The fourth-order valence-corrected chi connectivity index (χ4v) is 7.10. The van der Waals surface area contributed by atoms with E-state index in [0.717, 1.165) is 0 Å². The second kappa shape index (κ2) is 19.9. The van der Waals surface area contributed by atoms with Gasteiger partial charge in [0.05, 0.1) is 29.5 Å². The Labute approximate surface area is 366 Å². The average molecular weight is 874 g/mol. The van der Waals surface area contributed by atoms with Crippen molar-refractivity contribution < 1.29 is 54.0 Å². The highest BCUT2D eigenvalue weighted by atomic mass is 16.3. The topological polar surface area (TPSA) is 288 Å². The van der Waals surface area contributed by atoms with Crippen LogP contribution in [-0.4, -0.2) is 104 Å². The largest absolute Gasteiger partial charge is 0.508 e. The van der Waals surface area contributed by atoms with E-state index in [9.17, 15) is 54.0 Å². The van der Waals surface area contributed by atoms with Gasteiger partial charge in [-0.2, -0.15) is 0 Å². The fraction of sp³-hybridized carbons (Fsp3) is 0.239. The van der Waals surface area contributed by atoms with Gasteiger partial charge in [-0.25, -0.2) is 0 Å². The van der Waals surface area contributed by atoms with Crippen LogP contribution in [0.15, 0.2) is 96.7 Å². The summed E-state index contributed by atoms with van der Waals surface area (Å²) in [6, 6.07) is 17.7. The number of anilines is 1. The maximum absolute atomic E-state index is 14.5. The van der Waals surface area contributed by atoms with Gasteiger partial charge in [-0.05, 0) is 62.7 Å². The van der Waals surface area contributed by atoms with Gasteiger partial charge in [0.15, 0.2) is 5.78 Å². The van der Waals surface area contributed by atoms with E-state index in [1.54, 1.807) is 54.6 Å². The molecule has 0 radical (unpaired) electrons. The molecule has 18 heteroatoms. The summed E-state index contributed by atoms with van der Waals surface area (Å²) in [5.74, 6) is -6.94. The lowest BCUT2D eigenvalue weighted by Gasteiger charge is -2.25. The van der Waals surface area contributed by atoms with Crippen LogP contribution in [0, 0.1) is 0 Å². The molecule has 64 heavy (non-hydrogen) atoms. The van der Waals surface area contributed by atoms with Crippen molar-refractivity contribution in [3.05, 3.63) is 130 Å². The number of phenolic OH excluding ortho intramolecular Hbond substituents is 2. The Morgan fingerprint density at radius 3 is 2.11 bits per heavy atom. The van der Waals surface area contributed by atoms with Gasteiger partial charge < -0.3 is 57.3 Å². The number of Topliss-reactive ketones (excluding diaryl/α,β-unsaturated/α-hetero) is 1. The predicted molar refractivity (Wildman–Crippen MR) is 234 cm³/mol. The standard InChI is InChI=1S/C46H47N7O11/c1-23-41(59)53-39(25(3)56)46(64)51-36(20-30-28-13-7-9-15-32(28)48-34(30)21-31-38(57)18-17-27(24(2)55)40(31)58)44(62)49-33-16-10-8-14-29(33)42(60)52-37(22-54)45(63)50-35(43(61)47-23)19-26-11-5-4-6-12-26/h4-18,20,23,25,35,37,39,48,54,56-58H,19,21-22H2,1-3H3,(H,47,61)(H,49,62)(H,50,63)(H,51,64)(H,52,60)(H,53,59)/b36-20-/t23-,25+,35-,37+,39-/m0/s1. The lowest BCUT2D eigenvalue weighted by Crippen LogP contribution is -2.59. The van der Waals surface area contributed by atoms with Gasteiger partial charge in [-0.1, -0.05) is 60.7 Å². The molecule has 18 nitrogen and oxygen atoms in total. The van der Waals surface area contributed by atoms with E-state index in [0.29, 0.717) is 22.2 Å². The van der Waals surface area contributed by atoms with Crippen LogP contribution in [0.5, 0.6) is 11.5 Å². The van der Waals surface area contributed by atoms with Crippen molar-refractivity contribution in [1.82, 2.24) is 31.6 Å². The molecule has 0 unspecified atom stereocenters. The number of aliphatic hydroxyl groups excluding tert-OH is 2. The number of rotatable bonds is 8. The maximum Gasteiger partial charge on any atom is 0.272 e. The van der Waals surface area contributed by atoms with E-state index in [2.05, 4.69) is 36.9 Å². The van der Waals surface area contributed by atoms with Gasteiger partial charge in [0.2, 0.25) is 23.6 Å². The van der Waals surface area contributed by atoms with Crippen LogP contribution in [0.4, 0.5) is 5.69 Å². The van der Waals surface area contributed by atoms with E-state index < -0.39 is 89.6 Å². The number of ketones is 1. The molecule has 5 aromatic rings. The molecule has 11 N–H and O–H groups in total. The molecule has 0 aliphatic carbocycles. The number of carbonyl (C=O) groups is 7. The number of nitrogens with one attached hydrogen (secondary N) is 7. The summed E-state index contributed by atoms with van der Waals surface area (Å²) in [6.07, 6.45) is -0.573. The highest BCUT2D eigenvalue weighted by Crippen LogP contribution is 2.35. The third kappa shape index (κ3) is 10.4. The molecule has 1 aliphatic heterocycles. The number of H-pyrrole nitrogens is 1. The van der Waals surface area contributed by atoms with E-state index >= 15 is 0 Å². The highest BCUT2D eigenvalue weighted by molar-refractivity contribution is 6.13. The van der Waals surface area contributed by atoms with Crippen molar-refractivity contribution in [3.8, 4) is 11.5 Å². The molecule has 0 spiro atoms. The van der Waals surface area contributed by atoms with Crippen LogP contribution in [0.2, 0.25) is 0 Å². The Morgan fingerprint density at radius 2 is 1.41 bits per heavy atom. The van der Waals surface area contributed by atoms with Gasteiger partial charge in [0.1, 0.15) is 41.4 Å². The second-order valence-corrected chi connectivity index (χ2v) is 15.2. The van der Waals surface area contributed by atoms with Gasteiger partial charge >= 0.3 is 0 Å². The molecule has 0 saturated carbocycles. The molecule has 332 valence electrons. The number of phenols is 2. The summed E-state index contributed by atoms with van der Waals surface area (Å²) in [4.78, 5) is 98.9. The lowest BCUT2D eigenvalue weighted by atomic mass is 9.98. The number of hydrogen-bond donors (Lipinski definition) is 11. The zero-order valence-corrected chi connectivity index (χ0v) is 34.9. The van der Waals surface area contributed by atoms with Gasteiger partial charge in [0.25, 0.3) is 11.8 Å². The van der Waals surface area contributed by atoms with Crippen LogP contribution >= 0.6 is 0 Å². The first-order valence-electron chi connectivity index (χ1n) is 20.2. The number of aromatic hydroxyl groups is 2. The summed E-state index contributed by atoms with van der Waals surface area (Å²) in [5, 5.41) is 58.5. The van der Waals surface area contributed by atoms with Crippen molar-refractivity contribution >= 4 is 63.9 Å². The normalized spacial score (nSPS) is 20.3. The van der Waals surface area contributed by atoms with Crippen LogP contribution < -0.4 is 31.9 Å². The SMILES string of the molecule is CC(=O)c1ccc(O)c(Cc2[nH]c3ccccc3c2/C=C2\NC(=O)[C@H]([C@@H](C)O)NC(=O)[C@H](C)NC(=O)[C@H](Cc3ccccc3)NC(=O)[C@@H](CO)NC(=O)c3ccccc3NC2=O)c1O. The Bertz CT molecular complexity index is 2660. The number of hydrogen-bond acceptors (Lipinski definition) is 11. The van der Waals surface area contributed by atoms with Crippen LogP contribution in [0.25, 0.3) is 17.0 Å². The minimum Gasteiger partial charge on any atom is -0.508 e. The van der Waals surface area contributed by atoms with Crippen LogP contribution in [-0.2, 0) is 36.8 Å². The molecular formula is C46H47N7O11. The van der Waals surface area contributed by atoms with Crippen molar-refractivity contribution in [1.29, 1.82) is 0 Å². The maximum atomic E-state index is 14.5. The van der Waals surface area contributed by atoms with E-state index in [1.807, 2.05) is 0 Å². The molecule has 1 aromatic heterocycles.